The number of hydrogen-bond acceptors (Lipinski definition) is 5. The number of nitrogens with two attached hydrogens (primary N) is 1. The van der Waals surface area contributed by atoms with Crippen LogP contribution in [0.4, 0.5) is 0 Å². The number of rotatable bonds is 1. The lowest BCUT2D eigenvalue weighted by Crippen LogP contribution is -2.34. The number of thioether (sulfide) groups is 1. The summed E-state index contributed by atoms with van der Waals surface area (Å²) in [6.45, 7) is 6.06. The van der Waals surface area contributed by atoms with Crippen LogP contribution in [0.1, 0.15) is 31.9 Å². The molecule has 1 aromatic rings. The van der Waals surface area contributed by atoms with Gasteiger partial charge in [-0.05, 0) is 34.8 Å². The molecule has 0 bridgehead atoms. The van der Waals surface area contributed by atoms with E-state index >= 15 is 0 Å². The number of aromatic hydroxyl groups is 1. The van der Waals surface area contributed by atoms with Crippen LogP contribution in [0, 0.1) is 0 Å². The maximum Gasteiger partial charge on any atom is 0.280 e. The van der Waals surface area contributed by atoms with Crippen molar-refractivity contribution >= 4 is 40.3 Å². The van der Waals surface area contributed by atoms with E-state index in [9.17, 15) is 9.90 Å². The van der Waals surface area contributed by atoms with Gasteiger partial charge in [-0.3, -0.25) is 4.79 Å². The second kappa shape index (κ2) is 5.20. The summed E-state index contributed by atoms with van der Waals surface area (Å²) in [7, 11) is 0. The van der Waals surface area contributed by atoms with Gasteiger partial charge in [0.25, 0.3) is 5.91 Å². The molecule has 20 heavy (non-hydrogen) atoms. The van der Waals surface area contributed by atoms with Crippen molar-refractivity contribution in [1.82, 2.24) is 5.01 Å². The zero-order chi connectivity index (χ0) is 15.1. The van der Waals surface area contributed by atoms with Crippen LogP contribution in [0.5, 0.6) is 5.75 Å². The maximum atomic E-state index is 11.8. The molecule has 0 unspecified atom stereocenters. The average molecular weight is 308 g/mol. The molecule has 1 heterocycles. The Balaban J connectivity index is 2.41. The molecule has 4 nitrogen and oxygen atoms in total. The molecule has 0 spiro atoms. The van der Waals surface area contributed by atoms with Gasteiger partial charge in [0, 0.05) is 0 Å². The van der Waals surface area contributed by atoms with Gasteiger partial charge in [-0.1, -0.05) is 50.8 Å². The molecule has 6 heteroatoms. The topological polar surface area (TPSA) is 66.6 Å². The highest BCUT2D eigenvalue weighted by atomic mass is 32.2. The highest BCUT2D eigenvalue weighted by Gasteiger charge is 2.29. The Morgan fingerprint density at radius 2 is 2.05 bits per heavy atom. The van der Waals surface area contributed by atoms with Crippen LogP contribution in [0.15, 0.2) is 23.1 Å². The van der Waals surface area contributed by atoms with Crippen LogP contribution in [-0.2, 0) is 10.2 Å². The molecule has 0 saturated carbocycles. The van der Waals surface area contributed by atoms with E-state index in [0.29, 0.717) is 9.23 Å². The monoisotopic (exact) mass is 308 g/mol. The van der Waals surface area contributed by atoms with Gasteiger partial charge < -0.3 is 5.11 Å². The van der Waals surface area contributed by atoms with Gasteiger partial charge in [-0.25, -0.2) is 10.9 Å². The largest absolute Gasteiger partial charge is 0.508 e. The Hall–Kier alpha value is -1.37. The van der Waals surface area contributed by atoms with Crippen LogP contribution in [0.3, 0.4) is 0 Å². The van der Waals surface area contributed by atoms with Crippen LogP contribution >= 0.6 is 24.0 Å². The highest BCUT2D eigenvalue weighted by Crippen LogP contribution is 2.34. The molecular weight excluding hydrogens is 292 g/mol. The summed E-state index contributed by atoms with van der Waals surface area (Å²) in [5.41, 5.74) is 1.48. The van der Waals surface area contributed by atoms with E-state index in [0.717, 1.165) is 16.1 Å². The Bertz CT molecular complexity index is 618. The quantitative estimate of drug-likeness (QED) is 0.361. The van der Waals surface area contributed by atoms with Gasteiger partial charge in [0.05, 0.1) is 4.91 Å². The van der Waals surface area contributed by atoms with Crippen molar-refractivity contribution < 1.29 is 9.90 Å². The standard InChI is InChI=1S/C14H16N2O2S2/c1-14(2,3)9-6-8(4-5-10(9)17)7-11-12(18)16(15)13(19)20-11/h4-7,17H,15H2,1-3H3. The van der Waals surface area contributed by atoms with Gasteiger partial charge in [0.1, 0.15) is 5.75 Å². The molecule has 2 rings (SSSR count). The third-order valence-corrected chi connectivity index (χ3v) is 4.28. The third-order valence-electron chi connectivity index (χ3n) is 2.95. The minimum absolute atomic E-state index is 0.180. The predicted molar refractivity (Wildman–Crippen MR) is 86.0 cm³/mol. The van der Waals surface area contributed by atoms with Crippen molar-refractivity contribution in [1.29, 1.82) is 0 Å². The van der Waals surface area contributed by atoms with E-state index in [2.05, 4.69) is 0 Å². The average Bonchev–Trinajstić information content (AvgIpc) is 2.58. The summed E-state index contributed by atoms with van der Waals surface area (Å²) in [5.74, 6) is 5.48. The van der Waals surface area contributed by atoms with E-state index in [1.165, 1.54) is 11.8 Å². The number of thiocarbonyl (C=S) groups is 1. The van der Waals surface area contributed by atoms with Gasteiger partial charge in [0.15, 0.2) is 4.32 Å². The first-order chi connectivity index (χ1) is 9.20. The minimum Gasteiger partial charge on any atom is -0.508 e. The number of amides is 1. The lowest BCUT2D eigenvalue weighted by molar-refractivity contribution is -0.122. The molecule has 106 valence electrons. The second-order valence-corrected chi connectivity index (χ2v) is 7.25. The Labute approximate surface area is 127 Å². The van der Waals surface area contributed by atoms with Crippen LogP contribution in [0.25, 0.3) is 6.08 Å². The molecule has 1 aromatic carbocycles. The van der Waals surface area contributed by atoms with Gasteiger partial charge in [0.2, 0.25) is 0 Å². The first-order valence-corrected chi connectivity index (χ1v) is 7.29. The van der Waals surface area contributed by atoms with E-state index < -0.39 is 0 Å². The van der Waals surface area contributed by atoms with E-state index in [1.807, 2.05) is 26.8 Å². The SMILES string of the molecule is CC(C)(C)c1cc(C=C2SC(=S)N(N)C2=O)ccc1O. The van der Waals surface area contributed by atoms with Gasteiger partial charge in [-0.2, -0.15) is 0 Å². The molecule has 1 aliphatic heterocycles. The highest BCUT2D eigenvalue weighted by molar-refractivity contribution is 8.26. The summed E-state index contributed by atoms with van der Waals surface area (Å²) < 4.78 is 0.344. The molecule has 0 aromatic heterocycles. The lowest BCUT2D eigenvalue weighted by atomic mass is 9.85. The normalized spacial score (nSPS) is 18.2. The fraction of sp³-hybridized carbons (Fsp3) is 0.286. The Morgan fingerprint density at radius 1 is 1.40 bits per heavy atom. The zero-order valence-corrected chi connectivity index (χ0v) is 13.1. The van der Waals surface area contributed by atoms with Crippen molar-refractivity contribution in [2.45, 2.75) is 26.2 Å². The van der Waals surface area contributed by atoms with Gasteiger partial charge >= 0.3 is 0 Å². The maximum absolute atomic E-state index is 11.8. The third kappa shape index (κ3) is 2.87. The second-order valence-electron chi connectivity index (χ2n) is 5.58. The predicted octanol–water partition coefficient (Wildman–Crippen LogP) is 2.76. The summed E-state index contributed by atoms with van der Waals surface area (Å²) in [5, 5.41) is 10.9. The summed E-state index contributed by atoms with van der Waals surface area (Å²) in [6, 6.07) is 5.27. The van der Waals surface area contributed by atoms with E-state index in [4.69, 9.17) is 18.1 Å². The molecule has 0 atom stereocenters. The summed E-state index contributed by atoms with van der Waals surface area (Å²) in [4.78, 5) is 12.3. The molecule has 1 fully saturated rings. The molecule has 1 saturated heterocycles. The number of nitrogens with zero attached hydrogens (tertiary/aromatic N) is 1. The zero-order valence-electron chi connectivity index (χ0n) is 11.5. The number of hydrazine groups is 1. The summed E-state index contributed by atoms with van der Waals surface area (Å²) >= 11 is 6.16. The number of benzene rings is 1. The van der Waals surface area contributed by atoms with Crippen LogP contribution < -0.4 is 5.84 Å². The van der Waals surface area contributed by atoms with Crippen molar-refractivity contribution in [3.63, 3.8) is 0 Å². The van der Waals surface area contributed by atoms with Crippen LogP contribution in [-0.4, -0.2) is 20.3 Å². The van der Waals surface area contributed by atoms with Crippen molar-refractivity contribution in [3.05, 3.63) is 34.2 Å². The minimum atomic E-state index is -0.301. The van der Waals surface area contributed by atoms with E-state index in [1.54, 1.807) is 18.2 Å². The fourth-order valence-corrected chi connectivity index (χ4v) is 2.98. The number of phenols is 1. The van der Waals surface area contributed by atoms with Crippen LogP contribution in [0.2, 0.25) is 0 Å². The van der Waals surface area contributed by atoms with E-state index in [-0.39, 0.29) is 17.1 Å². The molecular formula is C14H16N2O2S2. The first-order valence-electron chi connectivity index (χ1n) is 6.06. The van der Waals surface area contributed by atoms with Crippen molar-refractivity contribution in [3.8, 4) is 5.75 Å². The summed E-state index contributed by atoms with van der Waals surface area (Å²) in [6.07, 6.45) is 1.74. The Morgan fingerprint density at radius 3 is 2.55 bits per heavy atom. The molecule has 0 aliphatic carbocycles. The fourth-order valence-electron chi connectivity index (χ4n) is 1.88. The Kier molecular flexibility index (Phi) is 3.90. The number of carbonyl (C=O) groups is 1. The first kappa shape index (κ1) is 15.0. The van der Waals surface area contributed by atoms with Gasteiger partial charge in [-0.15, -0.1) is 0 Å². The number of phenolic OH excluding ortho intramolecular Hbond substituents is 1. The number of hydrogen-bond donors (Lipinski definition) is 2. The lowest BCUT2D eigenvalue weighted by Gasteiger charge is -2.20. The smallest absolute Gasteiger partial charge is 0.280 e. The van der Waals surface area contributed by atoms with Crippen molar-refractivity contribution in [2.75, 3.05) is 0 Å². The molecule has 1 amide bonds. The molecule has 1 aliphatic rings. The molecule has 3 N–H and O–H groups in total. The van der Waals surface area contributed by atoms with Crippen molar-refractivity contribution in [2.24, 2.45) is 5.84 Å². The molecule has 0 radical (unpaired) electrons. The number of carbonyl (C=O) groups excluding carboxylic acids is 1.